The Morgan fingerprint density at radius 3 is 2.38 bits per heavy atom. The van der Waals surface area contributed by atoms with Crippen LogP contribution in [0.5, 0.6) is 0 Å². The molecule has 0 bridgehead atoms. The molecular formula is C33H52O12. The predicted octanol–water partition coefficient (Wildman–Crippen LogP) is -0.146. The molecule has 45 heavy (non-hydrogen) atoms. The Kier molecular flexibility index (Phi) is 7.91. The Morgan fingerprint density at radius 1 is 0.956 bits per heavy atom. The molecule has 3 saturated heterocycles. The molecule has 0 aromatic rings. The maximum Gasteiger partial charge on any atom is 0.186 e. The summed E-state index contributed by atoms with van der Waals surface area (Å²) in [6.07, 6.45) is -6.19. The minimum Gasteiger partial charge on any atom is -0.394 e. The van der Waals surface area contributed by atoms with E-state index in [4.69, 9.17) is 18.9 Å². The van der Waals surface area contributed by atoms with Gasteiger partial charge in [-0.3, -0.25) is 4.79 Å². The molecule has 19 atom stereocenters. The summed E-state index contributed by atoms with van der Waals surface area (Å²) in [5.41, 5.74) is -2.57. The van der Waals surface area contributed by atoms with Crippen molar-refractivity contribution in [3.8, 4) is 0 Å². The van der Waals surface area contributed by atoms with Crippen LogP contribution in [0, 0.1) is 46.3 Å². The Hall–Kier alpha value is -0.770. The fourth-order valence-corrected chi connectivity index (χ4v) is 11.6. The molecule has 3 heterocycles. The molecule has 12 heteroatoms. The minimum absolute atomic E-state index is 0.0130. The van der Waals surface area contributed by atoms with E-state index in [2.05, 4.69) is 13.8 Å². The Bertz CT molecular complexity index is 1170. The van der Waals surface area contributed by atoms with Crippen LogP contribution < -0.4 is 0 Å². The maximum absolute atomic E-state index is 13.7. The molecule has 0 radical (unpaired) electrons. The summed E-state index contributed by atoms with van der Waals surface area (Å²) < 4.78 is 25.3. The van der Waals surface area contributed by atoms with Crippen molar-refractivity contribution in [2.24, 2.45) is 46.3 Å². The highest BCUT2D eigenvalue weighted by atomic mass is 16.7. The van der Waals surface area contributed by atoms with E-state index in [1.165, 1.54) is 0 Å². The Labute approximate surface area is 264 Å². The minimum atomic E-state index is -1.63. The van der Waals surface area contributed by atoms with Gasteiger partial charge in [0.1, 0.15) is 30.0 Å². The van der Waals surface area contributed by atoms with E-state index in [0.717, 1.165) is 19.3 Å². The third kappa shape index (κ3) is 4.47. The number of carbonyl (C=O) groups excluding carboxylic acids is 1. The highest BCUT2D eigenvalue weighted by Crippen LogP contribution is 2.71. The zero-order chi connectivity index (χ0) is 32.4. The van der Waals surface area contributed by atoms with Gasteiger partial charge in [-0.2, -0.15) is 0 Å². The summed E-state index contributed by atoms with van der Waals surface area (Å²) in [5, 5.41) is 73.5. The number of carbonyl (C=O) groups is 1. The lowest BCUT2D eigenvalue weighted by molar-refractivity contribution is -0.344. The molecule has 3 aliphatic heterocycles. The van der Waals surface area contributed by atoms with E-state index in [1.807, 2.05) is 13.8 Å². The quantitative estimate of drug-likeness (QED) is 0.216. The van der Waals surface area contributed by atoms with Gasteiger partial charge >= 0.3 is 0 Å². The van der Waals surface area contributed by atoms with Gasteiger partial charge in [0.25, 0.3) is 0 Å². The Balaban J connectivity index is 1.10. The van der Waals surface area contributed by atoms with Gasteiger partial charge in [0.15, 0.2) is 17.9 Å². The van der Waals surface area contributed by atoms with Crippen LogP contribution in [0.1, 0.15) is 72.6 Å². The van der Waals surface area contributed by atoms with E-state index < -0.39 is 72.4 Å². The van der Waals surface area contributed by atoms with Crippen LogP contribution >= 0.6 is 0 Å². The zero-order valence-corrected chi connectivity index (χ0v) is 26.7. The molecule has 4 saturated carbocycles. The lowest BCUT2D eigenvalue weighted by Gasteiger charge is -2.63. The number of rotatable bonds is 3. The molecule has 0 aromatic heterocycles. The van der Waals surface area contributed by atoms with Crippen molar-refractivity contribution < 1.29 is 59.5 Å². The van der Waals surface area contributed by atoms with E-state index in [-0.39, 0.29) is 72.1 Å². The van der Waals surface area contributed by atoms with Gasteiger partial charge in [-0.25, -0.2) is 0 Å². The largest absolute Gasteiger partial charge is 0.394 e. The van der Waals surface area contributed by atoms with Crippen LogP contribution in [0.3, 0.4) is 0 Å². The standard InChI is InChI=1S/C33H52O12/c1-14-13-42-33(11-22(14)43-29-28(40)27(39)26(38)23(12-34)44-29)15(2)25-21(45-33)8-18-16-7-24(37)32(41)10-20(36)19(35)9-31(32,4)17(16)5-6-30(18,25)3/h14-23,25-29,34-36,38-41H,5-13H2,1-4H3. The first-order valence-corrected chi connectivity index (χ1v) is 17.0. The lowest BCUT2D eigenvalue weighted by atomic mass is 9.42. The molecule has 0 aromatic carbocycles. The molecule has 256 valence electrons. The van der Waals surface area contributed by atoms with Crippen molar-refractivity contribution >= 4 is 5.78 Å². The molecule has 7 rings (SSSR count). The van der Waals surface area contributed by atoms with Crippen molar-refractivity contribution in [2.75, 3.05) is 13.2 Å². The van der Waals surface area contributed by atoms with Crippen LogP contribution in [-0.4, -0.2) is 121 Å². The normalized spacial score (nSPS) is 61.0. The fraction of sp³-hybridized carbons (Fsp3) is 0.970. The van der Waals surface area contributed by atoms with Gasteiger partial charge in [-0.05, 0) is 54.8 Å². The van der Waals surface area contributed by atoms with Gasteiger partial charge < -0.3 is 54.7 Å². The number of hydrogen-bond acceptors (Lipinski definition) is 12. The molecule has 19 unspecified atom stereocenters. The zero-order valence-electron chi connectivity index (χ0n) is 26.7. The molecule has 7 aliphatic rings. The first kappa shape index (κ1) is 32.8. The predicted molar refractivity (Wildman–Crippen MR) is 155 cm³/mol. The summed E-state index contributed by atoms with van der Waals surface area (Å²) in [5.74, 6) is -0.777. The van der Waals surface area contributed by atoms with Crippen LogP contribution in [0.15, 0.2) is 0 Å². The van der Waals surface area contributed by atoms with Gasteiger partial charge in [0.05, 0.1) is 37.6 Å². The second-order valence-electron chi connectivity index (χ2n) is 16.3. The number of ether oxygens (including phenoxy) is 4. The molecule has 7 fully saturated rings. The number of aliphatic hydroxyl groups is 7. The molecular weight excluding hydrogens is 588 g/mol. The van der Waals surface area contributed by atoms with Gasteiger partial charge in [0.2, 0.25) is 0 Å². The van der Waals surface area contributed by atoms with Crippen molar-refractivity contribution in [3.63, 3.8) is 0 Å². The van der Waals surface area contributed by atoms with Crippen LogP contribution in [-0.2, 0) is 23.7 Å². The summed E-state index contributed by atoms with van der Waals surface area (Å²) >= 11 is 0. The van der Waals surface area contributed by atoms with Crippen molar-refractivity contribution in [1.29, 1.82) is 0 Å². The number of hydrogen-bond donors (Lipinski definition) is 7. The van der Waals surface area contributed by atoms with Crippen molar-refractivity contribution in [1.82, 2.24) is 0 Å². The topological polar surface area (TPSA) is 196 Å². The number of Topliss-reactive ketones (excluding diaryl/α,β-unsaturated/α-hetero) is 1. The van der Waals surface area contributed by atoms with Crippen molar-refractivity contribution in [2.45, 2.75) is 139 Å². The van der Waals surface area contributed by atoms with Gasteiger partial charge in [0, 0.05) is 36.5 Å². The second-order valence-corrected chi connectivity index (χ2v) is 16.3. The van der Waals surface area contributed by atoms with Gasteiger partial charge in [-0.15, -0.1) is 0 Å². The molecule has 7 N–H and O–H groups in total. The molecule has 12 nitrogen and oxygen atoms in total. The van der Waals surface area contributed by atoms with E-state index in [0.29, 0.717) is 13.0 Å². The van der Waals surface area contributed by atoms with E-state index >= 15 is 0 Å². The first-order valence-electron chi connectivity index (χ1n) is 17.0. The smallest absolute Gasteiger partial charge is 0.186 e. The van der Waals surface area contributed by atoms with Gasteiger partial charge in [-0.1, -0.05) is 27.7 Å². The molecule has 1 spiro atoms. The summed E-state index contributed by atoms with van der Waals surface area (Å²) in [4.78, 5) is 13.7. The number of fused-ring (bicyclic) bond motifs is 7. The SMILES string of the molecule is CC1COC2(CC1OC1OC(CO)C(O)C(O)C1O)OC1CC3C4CC(=O)C5(O)CC(O)C(O)CC5(C)C4CCC3(C)C1C2C. The molecule has 0 amide bonds. The average Bonchev–Trinajstić information content (AvgIpc) is 3.43. The summed E-state index contributed by atoms with van der Waals surface area (Å²) in [6, 6.07) is 0. The van der Waals surface area contributed by atoms with E-state index in [9.17, 15) is 40.5 Å². The van der Waals surface area contributed by atoms with Crippen LogP contribution in [0.2, 0.25) is 0 Å². The summed E-state index contributed by atoms with van der Waals surface area (Å²) in [7, 11) is 0. The maximum atomic E-state index is 13.7. The third-order valence-electron chi connectivity index (χ3n) is 14.2. The fourth-order valence-electron chi connectivity index (χ4n) is 11.6. The summed E-state index contributed by atoms with van der Waals surface area (Å²) in [6.45, 7) is 8.22. The van der Waals surface area contributed by atoms with Crippen LogP contribution in [0.4, 0.5) is 0 Å². The van der Waals surface area contributed by atoms with E-state index in [1.54, 1.807) is 0 Å². The lowest BCUT2D eigenvalue weighted by Crippen LogP contribution is -2.69. The third-order valence-corrected chi connectivity index (χ3v) is 14.2. The Morgan fingerprint density at radius 2 is 1.67 bits per heavy atom. The number of ketones is 1. The average molecular weight is 641 g/mol. The highest BCUT2D eigenvalue weighted by Gasteiger charge is 2.73. The van der Waals surface area contributed by atoms with Crippen LogP contribution in [0.25, 0.3) is 0 Å². The van der Waals surface area contributed by atoms with Crippen molar-refractivity contribution in [3.05, 3.63) is 0 Å². The first-order chi connectivity index (χ1) is 21.1. The highest BCUT2D eigenvalue weighted by molar-refractivity contribution is 5.89. The second kappa shape index (κ2) is 10.9. The molecule has 4 aliphatic carbocycles. The monoisotopic (exact) mass is 640 g/mol. The number of aliphatic hydroxyl groups excluding tert-OH is 6.